The van der Waals surface area contributed by atoms with Crippen LogP contribution in [0.5, 0.6) is 5.75 Å². The molecule has 0 bridgehead atoms. The number of hydrogen-bond donors (Lipinski definition) is 2. The van der Waals surface area contributed by atoms with E-state index in [1.54, 1.807) is 6.07 Å². The molecule has 0 unspecified atom stereocenters. The summed E-state index contributed by atoms with van der Waals surface area (Å²) in [5.41, 5.74) is 5.63. The third kappa shape index (κ3) is 3.93. The van der Waals surface area contributed by atoms with Crippen LogP contribution >= 0.6 is 0 Å². The van der Waals surface area contributed by atoms with Gasteiger partial charge in [0.1, 0.15) is 5.75 Å². The first-order chi connectivity index (χ1) is 12.8. The normalized spacial score (nSPS) is 15.7. The molecular formula is C18H19N3O5S. The third-order valence-corrected chi connectivity index (χ3v) is 5.92. The fourth-order valence-corrected chi connectivity index (χ4v) is 3.56. The lowest BCUT2D eigenvalue weighted by molar-refractivity contribution is -0.128. The number of hydrazine groups is 1. The summed E-state index contributed by atoms with van der Waals surface area (Å²) in [6.45, 7) is 0. The smallest absolute Gasteiger partial charge is 0.279 e. The number of nitrogens with one attached hydrogen (secondary N) is 2. The summed E-state index contributed by atoms with van der Waals surface area (Å²) in [6, 6.07) is 12.9. The molecule has 0 saturated heterocycles. The first-order valence-corrected chi connectivity index (χ1v) is 9.60. The van der Waals surface area contributed by atoms with Crippen LogP contribution in [-0.2, 0) is 21.2 Å². The van der Waals surface area contributed by atoms with E-state index < -0.39 is 27.9 Å². The predicted molar refractivity (Wildman–Crippen MR) is 97.5 cm³/mol. The monoisotopic (exact) mass is 389 g/mol. The molecule has 2 amide bonds. The predicted octanol–water partition coefficient (Wildman–Crippen LogP) is 0.702. The van der Waals surface area contributed by atoms with Crippen molar-refractivity contribution in [2.75, 3.05) is 14.1 Å². The number of nitrogens with zero attached hydrogens (tertiary/aromatic N) is 1. The number of hydrogen-bond acceptors (Lipinski definition) is 5. The zero-order chi connectivity index (χ0) is 19.6. The Morgan fingerprint density at radius 1 is 1.07 bits per heavy atom. The summed E-state index contributed by atoms with van der Waals surface area (Å²) < 4.78 is 30.9. The van der Waals surface area contributed by atoms with Crippen LogP contribution in [0.25, 0.3) is 0 Å². The van der Waals surface area contributed by atoms with Crippen molar-refractivity contribution in [2.24, 2.45) is 0 Å². The highest BCUT2D eigenvalue weighted by Gasteiger charge is 2.29. The van der Waals surface area contributed by atoms with Crippen LogP contribution < -0.4 is 15.6 Å². The van der Waals surface area contributed by atoms with Gasteiger partial charge in [0.2, 0.25) is 10.0 Å². The zero-order valence-corrected chi connectivity index (χ0v) is 15.6. The van der Waals surface area contributed by atoms with Crippen LogP contribution in [0.1, 0.15) is 15.9 Å². The molecule has 2 N–H and O–H groups in total. The zero-order valence-electron chi connectivity index (χ0n) is 14.8. The molecule has 0 spiro atoms. The van der Waals surface area contributed by atoms with E-state index in [0.29, 0.717) is 12.2 Å². The Balaban J connectivity index is 1.63. The van der Waals surface area contributed by atoms with Gasteiger partial charge in [0.25, 0.3) is 11.8 Å². The van der Waals surface area contributed by atoms with E-state index in [1.807, 2.05) is 18.2 Å². The van der Waals surface area contributed by atoms with E-state index >= 15 is 0 Å². The highest BCUT2D eigenvalue weighted by molar-refractivity contribution is 7.89. The molecule has 1 aliphatic heterocycles. The minimum Gasteiger partial charge on any atom is -0.480 e. The summed E-state index contributed by atoms with van der Waals surface area (Å²) in [5, 5.41) is 0. The Morgan fingerprint density at radius 2 is 1.81 bits per heavy atom. The molecule has 1 atom stereocenters. The Hall–Kier alpha value is -2.91. The minimum absolute atomic E-state index is 0.0129. The van der Waals surface area contributed by atoms with Gasteiger partial charge in [0, 0.05) is 26.1 Å². The molecule has 27 heavy (non-hydrogen) atoms. The maximum absolute atomic E-state index is 12.3. The second-order valence-electron chi connectivity index (χ2n) is 6.18. The number of amides is 2. The molecule has 0 saturated carbocycles. The number of fused-ring (bicyclic) bond motifs is 1. The lowest BCUT2D eigenvalue weighted by atomic mass is 10.1. The lowest BCUT2D eigenvalue weighted by Gasteiger charge is -2.14. The van der Waals surface area contributed by atoms with Gasteiger partial charge in [0.05, 0.1) is 4.90 Å². The number of para-hydroxylation sites is 1. The van der Waals surface area contributed by atoms with Gasteiger partial charge < -0.3 is 4.74 Å². The van der Waals surface area contributed by atoms with Crippen molar-refractivity contribution < 1.29 is 22.7 Å². The number of sulfonamides is 1. The fourth-order valence-electron chi connectivity index (χ4n) is 2.61. The van der Waals surface area contributed by atoms with Crippen molar-refractivity contribution in [1.82, 2.24) is 15.2 Å². The maximum Gasteiger partial charge on any atom is 0.279 e. The van der Waals surface area contributed by atoms with E-state index in [2.05, 4.69) is 10.9 Å². The van der Waals surface area contributed by atoms with Gasteiger partial charge >= 0.3 is 0 Å². The van der Waals surface area contributed by atoms with Crippen molar-refractivity contribution in [3.8, 4) is 5.75 Å². The number of ether oxygens (including phenoxy) is 1. The molecular weight excluding hydrogens is 370 g/mol. The lowest BCUT2D eigenvalue weighted by Crippen LogP contribution is -2.47. The molecule has 0 aliphatic carbocycles. The van der Waals surface area contributed by atoms with Crippen LogP contribution in [-0.4, -0.2) is 44.7 Å². The summed E-state index contributed by atoms with van der Waals surface area (Å²) in [6.07, 6.45) is -0.322. The van der Waals surface area contributed by atoms with Gasteiger partial charge in [-0.3, -0.25) is 20.4 Å². The van der Waals surface area contributed by atoms with Crippen LogP contribution in [0.2, 0.25) is 0 Å². The molecule has 2 aromatic carbocycles. The Morgan fingerprint density at radius 3 is 2.52 bits per heavy atom. The number of carbonyl (C=O) groups excluding carboxylic acids is 2. The van der Waals surface area contributed by atoms with Gasteiger partial charge in [-0.2, -0.15) is 0 Å². The average Bonchev–Trinajstić information content (AvgIpc) is 3.10. The highest BCUT2D eigenvalue weighted by Crippen LogP contribution is 2.28. The first kappa shape index (κ1) is 18.9. The van der Waals surface area contributed by atoms with E-state index in [4.69, 9.17) is 4.74 Å². The molecule has 1 aliphatic rings. The van der Waals surface area contributed by atoms with Crippen molar-refractivity contribution in [1.29, 1.82) is 0 Å². The first-order valence-electron chi connectivity index (χ1n) is 8.16. The standard InChI is InChI=1S/C18H19N3O5S/c1-21(2)27(24,25)14-8-5-7-13(10-14)17(22)19-20-18(23)16-11-12-6-3-4-9-15(12)26-16/h3-10,16H,11H2,1-2H3,(H,19,22)(H,20,23)/t16-/m1/s1. The summed E-state index contributed by atoms with van der Waals surface area (Å²) in [7, 11) is -0.853. The second kappa shape index (κ2) is 7.37. The SMILES string of the molecule is CN(C)S(=O)(=O)c1cccc(C(=O)NNC(=O)[C@H]2Cc3ccccc3O2)c1. The molecule has 142 valence electrons. The van der Waals surface area contributed by atoms with Crippen LogP contribution in [0.15, 0.2) is 53.4 Å². The van der Waals surface area contributed by atoms with Crippen molar-refractivity contribution in [3.05, 3.63) is 59.7 Å². The van der Waals surface area contributed by atoms with E-state index in [1.165, 1.54) is 38.4 Å². The Bertz CT molecular complexity index is 963. The van der Waals surface area contributed by atoms with Crippen molar-refractivity contribution >= 4 is 21.8 Å². The Kier molecular flexibility index (Phi) is 5.15. The summed E-state index contributed by atoms with van der Waals surface area (Å²) >= 11 is 0. The van der Waals surface area contributed by atoms with E-state index in [0.717, 1.165) is 9.87 Å². The van der Waals surface area contributed by atoms with Crippen molar-refractivity contribution in [3.63, 3.8) is 0 Å². The topological polar surface area (TPSA) is 105 Å². The quantitative estimate of drug-likeness (QED) is 0.749. The van der Waals surface area contributed by atoms with Crippen LogP contribution in [0.3, 0.4) is 0 Å². The van der Waals surface area contributed by atoms with Crippen molar-refractivity contribution in [2.45, 2.75) is 17.4 Å². The number of rotatable bonds is 4. The highest BCUT2D eigenvalue weighted by atomic mass is 32.2. The Labute approximate surface area is 157 Å². The third-order valence-electron chi connectivity index (χ3n) is 4.11. The molecule has 0 fully saturated rings. The van der Waals surface area contributed by atoms with Gasteiger partial charge in [-0.25, -0.2) is 12.7 Å². The van der Waals surface area contributed by atoms with E-state index in [-0.39, 0.29) is 10.5 Å². The average molecular weight is 389 g/mol. The molecule has 9 heteroatoms. The molecule has 1 heterocycles. The molecule has 0 radical (unpaired) electrons. The second-order valence-corrected chi connectivity index (χ2v) is 8.33. The number of benzene rings is 2. The van der Waals surface area contributed by atoms with Gasteiger partial charge in [-0.15, -0.1) is 0 Å². The fraction of sp³-hybridized carbons (Fsp3) is 0.222. The van der Waals surface area contributed by atoms with Gasteiger partial charge in [-0.1, -0.05) is 24.3 Å². The van der Waals surface area contributed by atoms with Gasteiger partial charge in [0.15, 0.2) is 6.10 Å². The largest absolute Gasteiger partial charge is 0.480 e. The van der Waals surface area contributed by atoms with Crippen LogP contribution in [0.4, 0.5) is 0 Å². The van der Waals surface area contributed by atoms with E-state index in [9.17, 15) is 18.0 Å². The van der Waals surface area contributed by atoms with Crippen LogP contribution in [0, 0.1) is 0 Å². The molecule has 3 rings (SSSR count). The molecule has 0 aromatic heterocycles. The minimum atomic E-state index is -3.66. The summed E-state index contributed by atoms with van der Waals surface area (Å²) in [5.74, 6) is -0.475. The molecule has 2 aromatic rings. The number of carbonyl (C=O) groups is 2. The molecule has 8 nitrogen and oxygen atoms in total. The summed E-state index contributed by atoms with van der Waals surface area (Å²) in [4.78, 5) is 24.5. The maximum atomic E-state index is 12.3. The van der Waals surface area contributed by atoms with Gasteiger partial charge in [-0.05, 0) is 29.8 Å².